The number of halogens is 1. The maximum absolute atomic E-state index is 12.3. The van der Waals surface area contributed by atoms with E-state index in [4.69, 9.17) is 17.3 Å². The average molecular weight is 351 g/mol. The molecule has 1 unspecified atom stereocenters. The third kappa shape index (κ3) is 6.60. The first-order valence-corrected chi connectivity index (χ1v) is 9.55. The molecule has 1 aromatic rings. The monoisotopic (exact) mass is 350 g/mol. The summed E-state index contributed by atoms with van der Waals surface area (Å²) in [6.45, 7) is 4.35. The summed E-state index contributed by atoms with van der Waals surface area (Å²) in [7, 11) is -3.13. The number of hydrogen-bond donors (Lipinski definition) is 1. The highest BCUT2D eigenvalue weighted by atomic mass is 35.5. The van der Waals surface area contributed by atoms with Gasteiger partial charge in [0.2, 0.25) is 5.91 Å². The maximum atomic E-state index is 12.3. The predicted octanol–water partition coefficient (Wildman–Crippen LogP) is 1.68. The Balaban J connectivity index is 2.70. The number of carbonyl (C=O) groups is 1. The first kappa shape index (κ1) is 18.2. The zero-order valence-electron chi connectivity index (χ0n) is 11.8. The molecule has 0 radical (unpaired) electrons. The Labute approximate surface area is 134 Å². The van der Waals surface area contributed by atoms with Crippen LogP contribution in [0.1, 0.15) is 11.3 Å². The lowest BCUT2D eigenvalue weighted by Crippen LogP contribution is -2.44. The molecule has 118 valence electrons. The molecular formula is C13H19ClN2O3S2. The van der Waals surface area contributed by atoms with Crippen LogP contribution in [0.4, 0.5) is 0 Å². The van der Waals surface area contributed by atoms with Crippen LogP contribution in [0.2, 0.25) is 4.34 Å². The predicted molar refractivity (Wildman–Crippen MR) is 87.2 cm³/mol. The van der Waals surface area contributed by atoms with Gasteiger partial charge in [0, 0.05) is 17.7 Å². The van der Waals surface area contributed by atoms with Gasteiger partial charge in [0.15, 0.2) is 0 Å². The van der Waals surface area contributed by atoms with Crippen molar-refractivity contribution in [2.24, 2.45) is 5.73 Å². The minimum atomic E-state index is -3.13. The van der Waals surface area contributed by atoms with Crippen molar-refractivity contribution in [1.29, 1.82) is 0 Å². The van der Waals surface area contributed by atoms with Crippen molar-refractivity contribution in [3.8, 4) is 0 Å². The van der Waals surface area contributed by atoms with E-state index in [2.05, 4.69) is 6.58 Å². The molecule has 1 heterocycles. The second kappa shape index (κ2) is 7.93. The van der Waals surface area contributed by atoms with Crippen LogP contribution in [0.25, 0.3) is 0 Å². The Bertz CT molecular complexity index is 598. The number of amides is 1. The summed E-state index contributed by atoms with van der Waals surface area (Å²) in [5, 5.41) is 0. The Morgan fingerprint density at radius 2 is 2.24 bits per heavy atom. The van der Waals surface area contributed by atoms with Gasteiger partial charge in [-0.1, -0.05) is 17.7 Å². The number of thiophene rings is 1. The van der Waals surface area contributed by atoms with Crippen molar-refractivity contribution in [3.63, 3.8) is 0 Å². The summed E-state index contributed by atoms with van der Waals surface area (Å²) >= 11 is 7.26. The molecule has 0 aliphatic heterocycles. The molecule has 0 spiro atoms. The molecule has 8 heteroatoms. The molecule has 1 atom stereocenters. The molecule has 0 saturated carbocycles. The molecule has 0 bridgehead atoms. The van der Waals surface area contributed by atoms with Crippen molar-refractivity contribution >= 4 is 38.7 Å². The van der Waals surface area contributed by atoms with Crippen LogP contribution in [0.5, 0.6) is 0 Å². The average Bonchev–Trinajstić information content (AvgIpc) is 2.79. The smallest absolute Gasteiger partial charge is 0.240 e. The molecule has 5 nitrogen and oxygen atoms in total. The van der Waals surface area contributed by atoms with Gasteiger partial charge in [-0.2, -0.15) is 0 Å². The van der Waals surface area contributed by atoms with Gasteiger partial charge in [0.05, 0.1) is 22.7 Å². The van der Waals surface area contributed by atoms with Gasteiger partial charge in [-0.15, -0.1) is 17.9 Å². The largest absolute Gasteiger partial charge is 0.332 e. The van der Waals surface area contributed by atoms with Crippen molar-refractivity contribution in [2.75, 3.05) is 18.6 Å². The highest BCUT2D eigenvalue weighted by Crippen LogP contribution is 2.23. The van der Waals surface area contributed by atoms with Crippen molar-refractivity contribution in [2.45, 2.75) is 19.0 Å². The lowest BCUT2D eigenvalue weighted by Gasteiger charge is -2.24. The SMILES string of the molecule is C=CCN(Cc1ccc(Cl)s1)C(=O)C(N)CCS(C)(=O)=O. The number of rotatable bonds is 8. The fourth-order valence-electron chi connectivity index (χ4n) is 1.71. The van der Waals surface area contributed by atoms with Crippen molar-refractivity contribution < 1.29 is 13.2 Å². The van der Waals surface area contributed by atoms with Crippen LogP contribution in [-0.2, 0) is 21.2 Å². The van der Waals surface area contributed by atoms with Crippen LogP contribution in [0, 0.1) is 0 Å². The lowest BCUT2D eigenvalue weighted by atomic mass is 10.2. The zero-order valence-corrected chi connectivity index (χ0v) is 14.2. The second-order valence-electron chi connectivity index (χ2n) is 4.74. The van der Waals surface area contributed by atoms with Gasteiger partial charge >= 0.3 is 0 Å². The second-order valence-corrected chi connectivity index (χ2v) is 8.80. The molecule has 1 amide bonds. The number of nitrogens with zero attached hydrogens (tertiary/aromatic N) is 1. The Morgan fingerprint density at radius 1 is 1.57 bits per heavy atom. The topological polar surface area (TPSA) is 80.5 Å². The normalized spacial score (nSPS) is 12.9. The molecule has 0 aliphatic rings. The van der Waals surface area contributed by atoms with Gasteiger partial charge in [-0.3, -0.25) is 4.79 Å². The van der Waals surface area contributed by atoms with Crippen molar-refractivity contribution in [1.82, 2.24) is 4.90 Å². The van der Waals surface area contributed by atoms with E-state index >= 15 is 0 Å². The summed E-state index contributed by atoms with van der Waals surface area (Å²) in [6, 6.07) is 2.77. The number of carbonyl (C=O) groups excluding carboxylic acids is 1. The molecule has 0 aromatic carbocycles. The van der Waals surface area contributed by atoms with Gasteiger partial charge in [-0.05, 0) is 18.6 Å². The summed E-state index contributed by atoms with van der Waals surface area (Å²) in [5.41, 5.74) is 5.80. The molecular weight excluding hydrogens is 332 g/mol. The van der Waals surface area contributed by atoms with E-state index in [0.29, 0.717) is 17.4 Å². The van der Waals surface area contributed by atoms with Crippen LogP contribution < -0.4 is 5.73 Å². The molecule has 0 aliphatic carbocycles. The molecule has 0 fully saturated rings. The van der Waals surface area contributed by atoms with E-state index in [-0.39, 0.29) is 18.1 Å². The van der Waals surface area contributed by atoms with E-state index in [1.165, 1.54) is 11.3 Å². The summed E-state index contributed by atoms with van der Waals surface area (Å²) < 4.78 is 22.9. The highest BCUT2D eigenvalue weighted by Gasteiger charge is 2.22. The van der Waals surface area contributed by atoms with Gasteiger partial charge < -0.3 is 10.6 Å². The minimum absolute atomic E-state index is 0.104. The lowest BCUT2D eigenvalue weighted by molar-refractivity contribution is -0.132. The van der Waals surface area contributed by atoms with Crippen LogP contribution >= 0.6 is 22.9 Å². The summed E-state index contributed by atoms with van der Waals surface area (Å²) in [5.74, 6) is -0.393. The third-order valence-corrected chi connectivity index (χ3v) is 4.95. The molecule has 2 N–H and O–H groups in total. The van der Waals surface area contributed by atoms with E-state index < -0.39 is 15.9 Å². The standard InChI is InChI=1S/C13H19ClN2O3S2/c1-3-7-16(9-10-4-5-12(14)20-10)13(17)11(15)6-8-21(2,18)19/h3-5,11H,1,6-9,15H2,2H3. The third-order valence-electron chi connectivity index (χ3n) is 2.75. The van der Waals surface area contributed by atoms with Gasteiger partial charge in [-0.25, -0.2) is 8.42 Å². The van der Waals surface area contributed by atoms with E-state index in [1.807, 2.05) is 6.07 Å². The molecule has 1 aromatic heterocycles. The van der Waals surface area contributed by atoms with Gasteiger partial charge in [0.1, 0.15) is 9.84 Å². The summed E-state index contributed by atoms with van der Waals surface area (Å²) in [6.07, 6.45) is 2.84. The first-order valence-electron chi connectivity index (χ1n) is 6.30. The van der Waals surface area contributed by atoms with E-state index in [1.54, 1.807) is 17.0 Å². The van der Waals surface area contributed by atoms with Crippen LogP contribution in [0.3, 0.4) is 0 Å². The van der Waals surface area contributed by atoms with Crippen LogP contribution in [0.15, 0.2) is 24.8 Å². The molecule has 1 rings (SSSR count). The zero-order chi connectivity index (χ0) is 16.0. The minimum Gasteiger partial charge on any atom is -0.332 e. The van der Waals surface area contributed by atoms with E-state index in [9.17, 15) is 13.2 Å². The highest BCUT2D eigenvalue weighted by molar-refractivity contribution is 7.90. The first-order chi connectivity index (χ1) is 9.73. The number of nitrogens with two attached hydrogens (primary N) is 1. The van der Waals surface area contributed by atoms with Crippen LogP contribution in [-0.4, -0.2) is 43.8 Å². The van der Waals surface area contributed by atoms with E-state index in [0.717, 1.165) is 11.1 Å². The number of hydrogen-bond acceptors (Lipinski definition) is 5. The molecule has 0 saturated heterocycles. The Morgan fingerprint density at radius 3 is 2.71 bits per heavy atom. The van der Waals surface area contributed by atoms with Crippen molar-refractivity contribution in [3.05, 3.63) is 34.0 Å². The Hall–Kier alpha value is -0.890. The number of sulfone groups is 1. The maximum Gasteiger partial charge on any atom is 0.240 e. The Kier molecular flexibility index (Phi) is 6.86. The fourth-order valence-corrected chi connectivity index (χ4v) is 3.50. The summed E-state index contributed by atoms with van der Waals surface area (Å²) in [4.78, 5) is 14.8. The van der Waals surface area contributed by atoms with Gasteiger partial charge in [0.25, 0.3) is 0 Å². The molecule has 21 heavy (non-hydrogen) atoms. The quantitative estimate of drug-likeness (QED) is 0.723. The fraction of sp³-hybridized carbons (Fsp3) is 0.462.